The molecule has 0 unspecified atom stereocenters. The highest BCUT2D eigenvalue weighted by atomic mass is 35.5. The van der Waals surface area contributed by atoms with E-state index in [9.17, 15) is 0 Å². The van der Waals surface area contributed by atoms with Gasteiger partial charge in [0.1, 0.15) is 17.0 Å². The number of rotatable bonds is 3. The Morgan fingerprint density at radius 3 is 2.76 bits per heavy atom. The van der Waals surface area contributed by atoms with E-state index in [4.69, 9.17) is 27.3 Å². The maximum absolute atomic E-state index is 6.38. The number of aryl methyl sites for hydroxylation is 1. The van der Waals surface area contributed by atoms with Crippen molar-refractivity contribution in [2.24, 2.45) is 12.5 Å². The van der Waals surface area contributed by atoms with E-state index in [1.807, 2.05) is 24.0 Å². The lowest BCUT2D eigenvalue weighted by Crippen LogP contribution is -2.41. The zero-order chi connectivity index (χ0) is 23.0. The largest absolute Gasteiger partial charge is 0.382 e. The monoisotopic (exact) mass is 490 g/mol. The van der Waals surface area contributed by atoms with E-state index in [2.05, 4.69) is 37.7 Å². The van der Waals surface area contributed by atoms with E-state index < -0.39 is 0 Å². The fourth-order valence-electron chi connectivity index (χ4n) is 5.67. The molecule has 2 aliphatic rings. The van der Waals surface area contributed by atoms with E-state index in [1.165, 1.54) is 11.3 Å². The third-order valence-corrected chi connectivity index (χ3v) is 8.98. The number of imidazole rings is 2. The Morgan fingerprint density at radius 2 is 1.94 bits per heavy atom. The zero-order valence-corrected chi connectivity index (χ0v) is 20.3. The molecule has 1 aliphatic heterocycles. The van der Waals surface area contributed by atoms with Crippen LogP contribution in [0.1, 0.15) is 24.1 Å². The lowest BCUT2D eigenvalue weighted by molar-refractivity contribution is 0.229. The molecule has 1 fully saturated rings. The highest BCUT2D eigenvalue weighted by Gasteiger charge is 2.42. The van der Waals surface area contributed by atoms with Gasteiger partial charge in [0, 0.05) is 37.4 Å². The number of pyridine rings is 2. The van der Waals surface area contributed by atoms with Crippen LogP contribution in [0.15, 0.2) is 46.6 Å². The zero-order valence-electron chi connectivity index (χ0n) is 18.7. The normalized spacial score (nSPS) is 17.4. The molecule has 0 atom stereocenters. The van der Waals surface area contributed by atoms with E-state index in [0.717, 1.165) is 71.2 Å². The molecular weight excluding hydrogens is 468 g/mol. The highest BCUT2D eigenvalue weighted by Crippen LogP contribution is 2.45. The summed E-state index contributed by atoms with van der Waals surface area (Å²) in [5.41, 5.74) is 11.8. The minimum absolute atomic E-state index is 0.336. The summed E-state index contributed by atoms with van der Waals surface area (Å²) >= 11 is 7.92. The lowest BCUT2D eigenvalue weighted by atomic mass is 9.76. The molecule has 5 aromatic rings. The molecule has 0 amide bonds. The molecule has 7 rings (SSSR count). The van der Waals surface area contributed by atoms with Crippen LogP contribution in [0, 0.1) is 5.41 Å². The molecule has 2 N–H and O–H groups in total. The molecule has 34 heavy (non-hydrogen) atoms. The Balaban J connectivity index is 1.17. The van der Waals surface area contributed by atoms with Gasteiger partial charge in [-0.1, -0.05) is 23.4 Å². The van der Waals surface area contributed by atoms with Gasteiger partial charge in [0.25, 0.3) is 0 Å². The third kappa shape index (κ3) is 2.99. The maximum Gasteiger partial charge on any atom is 0.157 e. The molecule has 0 bridgehead atoms. The molecule has 172 valence electrons. The second-order valence-electron chi connectivity index (χ2n) is 9.52. The summed E-state index contributed by atoms with van der Waals surface area (Å²) in [4.78, 5) is 18.1. The van der Waals surface area contributed by atoms with E-state index in [1.54, 1.807) is 18.0 Å². The Kier molecular flexibility index (Phi) is 4.32. The Labute approximate surface area is 205 Å². The summed E-state index contributed by atoms with van der Waals surface area (Å²) < 4.78 is 4.10. The SMILES string of the molecule is Cn1cc2c(n1)CC1(CCN(c3nc4ccc(Sc5ccnc(N)c5Cl)c5ncc3n45)CC1)C2. The number of nitrogens with zero attached hydrogens (tertiary/aromatic N) is 7. The number of nitrogens with two attached hydrogens (primary N) is 1. The van der Waals surface area contributed by atoms with Gasteiger partial charge < -0.3 is 10.6 Å². The van der Waals surface area contributed by atoms with Crippen LogP contribution in [-0.2, 0) is 19.9 Å². The molecular formula is C24H23ClN8S. The van der Waals surface area contributed by atoms with Gasteiger partial charge in [-0.15, -0.1) is 0 Å². The van der Waals surface area contributed by atoms with Crippen LogP contribution < -0.4 is 10.6 Å². The molecule has 0 radical (unpaired) electrons. The van der Waals surface area contributed by atoms with Gasteiger partial charge in [0.15, 0.2) is 11.5 Å². The van der Waals surface area contributed by atoms with Crippen LogP contribution in [0.4, 0.5) is 11.6 Å². The van der Waals surface area contributed by atoms with E-state index >= 15 is 0 Å². The van der Waals surface area contributed by atoms with Crippen LogP contribution in [0.5, 0.6) is 0 Å². The number of piperidine rings is 1. The van der Waals surface area contributed by atoms with Crippen molar-refractivity contribution in [3.05, 3.63) is 53.1 Å². The Morgan fingerprint density at radius 1 is 1.09 bits per heavy atom. The van der Waals surface area contributed by atoms with Gasteiger partial charge in [0.05, 0.1) is 21.8 Å². The smallest absolute Gasteiger partial charge is 0.157 e. The molecule has 1 saturated heterocycles. The van der Waals surface area contributed by atoms with Crippen molar-refractivity contribution in [3.8, 4) is 0 Å². The van der Waals surface area contributed by atoms with Crippen LogP contribution in [0.25, 0.3) is 16.8 Å². The number of hydrogen-bond donors (Lipinski definition) is 1. The first kappa shape index (κ1) is 20.3. The highest BCUT2D eigenvalue weighted by molar-refractivity contribution is 7.99. The van der Waals surface area contributed by atoms with Gasteiger partial charge in [0.2, 0.25) is 0 Å². The first-order chi connectivity index (χ1) is 16.5. The predicted molar refractivity (Wildman–Crippen MR) is 134 cm³/mol. The molecule has 0 aromatic carbocycles. The third-order valence-electron chi connectivity index (χ3n) is 7.37. The lowest BCUT2D eigenvalue weighted by Gasteiger charge is -2.39. The first-order valence-electron chi connectivity index (χ1n) is 11.4. The first-order valence-corrected chi connectivity index (χ1v) is 12.6. The molecule has 8 nitrogen and oxygen atoms in total. The van der Waals surface area contributed by atoms with Crippen LogP contribution in [0.3, 0.4) is 0 Å². The van der Waals surface area contributed by atoms with Crippen molar-refractivity contribution >= 4 is 51.8 Å². The van der Waals surface area contributed by atoms with Crippen LogP contribution in [-0.4, -0.2) is 42.2 Å². The molecule has 6 heterocycles. The second-order valence-corrected chi connectivity index (χ2v) is 11.0. The number of hydrogen-bond acceptors (Lipinski definition) is 7. The van der Waals surface area contributed by atoms with Gasteiger partial charge in [-0.05, 0) is 54.9 Å². The standard InChI is InChI=1S/C24H23ClN8S/c1-31-13-14-10-24(11-15(14)30-31)5-8-32(9-6-24)22-16-12-28-23-18(2-3-19(29-22)33(16)23)34-17-4-7-27-21(26)20(17)25/h2-4,7,12-13H,5-6,8-11H2,1H3,(H2,26,27). The number of nitrogen functional groups attached to an aromatic ring is 1. The predicted octanol–water partition coefficient (Wildman–Crippen LogP) is 4.22. The van der Waals surface area contributed by atoms with Gasteiger partial charge in [-0.25, -0.2) is 15.0 Å². The molecule has 1 aliphatic carbocycles. The fourth-order valence-corrected chi connectivity index (χ4v) is 6.83. The Hall–Kier alpha value is -3.04. The van der Waals surface area contributed by atoms with Crippen molar-refractivity contribution in [1.29, 1.82) is 0 Å². The van der Waals surface area contributed by atoms with Crippen molar-refractivity contribution in [1.82, 2.24) is 29.1 Å². The average molecular weight is 491 g/mol. The number of anilines is 2. The molecule has 5 aromatic heterocycles. The summed E-state index contributed by atoms with van der Waals surface area (Å²) in [6.45, 7) is 2.01. The molecule has 1 spiro atoms. The van der Waals surface area contributed by atoms with E-state index in [0.29, 0.717) is 16.3 Å². The topological polar surface area (TPSA) is 90.2 Å². The summed E-state index contributed by atoms with van der Waals surface area (Å²) in [5.74, 6) is 1.36. The number of aromatic nitrogens is 6. The summed E-state index contributed by atoms with van der Waals surface area (Å²) in [5, 5.41) is 5.15. The summed E-state index contributed by atoms with van der Waals surface area (Å²) in [6.07, 6.45) is 10.4. The molecule has 10 heteroatoms. The minimum Gasteiger partial charge on any atom is -0.382 e. The van der Waals surface area contributed by atoms with Crippen molar-refractivity contribution in [2.75, 3.05) is 23.7 Å². The fraction of sp³-hybridized carbons (Fsp3) is 0.333. The quantitative estimate of drug-likeness (QED) is 0.405. The van der Waals surface area contributed by atoms with Crippen LogP contribution in [0.2, 0.25) is 5.02 Å². The molecule has 0 saturated carbocycles. The summed E-state index contributed by atoms with van der Waals surface area (Å²) in [6, 6.07) is 5.98. The van der Waals surface area contributed by atoms with E-state index in [-0.39, 0.29) is 0 Å². The van der Waals surface area contributed by atoms with Crippen molar-refractivity contribution in [3.63, 3.8) is 0 Å². The van der Waals surface area contributed by atoms with Crippen LogP contribution >= 0.6 is 23.4 Å². The summed E-state index contributed by atoms with van der Waals surface area (Å²) in [7, 11) is 2.01. The van der Waals surface area contributed by atoms with Gasteiger partial charge in [-0.2, -0.15) is 5.10 Å². The van der Waals surface area contributed by atoms with Crippen molar-refractivity contribution in [2.45, 2.75) is 35.5 Å². The second kappa shape index (κ2) is 7.23. The number of fused-ring (bicyclic) bond motifs is 1. The maximum atomic E-state index is 6.38. The average Bonchev–Trinajstić information content (AvgIpc) is 3.56. The van der Waals surface area contributed by atoms with Crippen molar-refractivity contribution < 1.29 is 0 Å². The minimum atomic E-state index is 0.336. The van der Waals surface area contributed by atoms with Gasteiger partial charge >= 0.3 is 0 Å². The number of halogens is 1. The van der Waals surface area contributed by atoms with Gasteiger partial charge in [-0.3, -0.25) is 9.08 Å². The Bertz CT molecular complexity index is 1520.